The highest BCUT2D eigenvalue weighted by molar-refractivity contribution is 6.01. The lowest BCUT2D eigenvalue weighted by molar-refractivity contribution is -0.384. The fourth-order valence-electron chi connectivity index (χ4n) is 4.15. The molecule has 1 aliphatic carbocycles. The van der Waals surface area contributed by atoms with E-state index in [1.165, 1.54) is 29.7 Å². The molecule has 0 atom stereocenters. The van der Waals surface area contributed by atoms with Crippen molar-refractivity contribution in [3.63, 3.8) is 0 Å². The zero-order chi connectivity index (χ0) is 19.7. The van der Waals surface area contributed by atoms with Gasteiger partial charge >= 0.3 is 0 Å². The van der Waals surface area contributed by atoms with Gasteiger partial charge in [0, 0.05) is 37.1 Å². The lowest BCUT2D eigenvalue weighted by Gasteiger charge is -2.18. The van der Waals surface area contributed by atoms with Gasteiger partial charge in [0.25, 0.3) is 5.69 Å². The summed E-state index contributed by atoms with van der Waals surface area (Å²) < 4.78 is 0. The highest BCUT2D eigenvalue weighted by Crippen LogP contribution is 2.32. The molecule has 0 N–H and O–H groups in total. The van der Waals surface area contributed by atoms with Gasteiger partial charge in [-0.05, 0) is 54.9 Å². The van der Waals surface area contributed by atoms with Crippen LogP contribution in [0, 0.1) is 10.1 Å². The molecular formula is C22H22N2O4. The molecule has 0 unspecified atom stereocenters. The second-order valence-corrected chi connectivity index (χ2v) is 7.48. The number of Topliss-reactive ketones (excluding diaryl/α,β-unsaturated/α-hetero) is 1. The normalized spacial score (nSPS) is 15.1. The third-order valence-corrected chi connectivity index (χ3v) is 5.71. The molecule has 0 spiro atoms. The number of aryl methyl sites for hydroxylation is 2. The van der Waals surface area contributed by atoms with Crippen molar-refractivity contribution in [1.82, 2.24) is 0 Å². The average Bonchev–Trinajstić information content (AvgIpc) is 3.14. The van der Waals surface area contributed by atoms with E-state index < -0.39 is 4.92 Å². The summed E-state index contributed by atoms with van der Waals surface area (Å²) in [4.78, 5) is 37.4. The van der Waals surface area contributed by atoms with Crippen molar-refractivity contribution in [2.75, 3.05) is 11.4 Å². The first-order valence-corrected chi connectivity index (χ1v) is 9.75. The molecule has 2 aromatic carbocycles. The average molecular weight is 378 g/mol. The summed E-state index contributed by atoms with van der Waals surface area (Å²) in [6.07, 6.45) is 5.38. The number of anilines is 1. The van der Waals surface area contributed by atoms with Gasteiger partial charge in [0.05, 0.1) is 10.6 Å². The molecule has 0 radical (unpaired) electrons. The first kappa shape index (κ1) is 18.3. The highest BCUT2D eigenvalue weighted by atomic mass is 16.6. The minimum Gasteiger partial charge on any atom is -0.312 e. The van der Waals surface area contributed by atoms with Gasteiger partial charge < -0.3 is 4.90 Å². The second-order valence-electron chi connectivity index (χ2n) is 7.48. The molecule has 1 aliphatic heterocycles. The minimum atomic E-state index is -0.457. The molecular weight excluding hydrogens is 356 g/mol. The topological polar surface area (TPSA) is 80.5 Å². The van der Waals surface area contributed by atoms with Crippen LogP contribution >= 0.6 is 0 Å². The third kappa shape index (κ3) is 3.54. The number of carbonyl (C=O) groups is 2. The number of ketones is 1. The second kappa shape index (κ2) is 7.54. The summed E-state index contributed by atoms with van der Waals surface area (Å²) in [5, 5.41) is 11.0. The van der Waals surface area contributed by atoms with E-state index in [0.717, 1.165) is 24.8 Å². The number of amides is 1. The van der Waals surface area contributed by atoms with Crippen molar-refractivity contribution in [1.29, 1.82) is 0 Å². The quantitative estimate of drug-likeness (QED) is 0.447. The van der Waals surface area contributed by atoms with Crippen LogP contribution in [0.25, 0.3) is 0 Å². The zero-order valence-electron chi connectivity index (χ0n) is 15.6. The van der Waals surface area contributed by atoms with Gasteiger partial charge in [-0.1, -0.05) is 18.2 Å². The number of carbonyl (C=O) groups excluding carboxylic acids is 2. The summed E-state index contributed by atoms with van der Waals surface area (Å²) in [6, 6.07) is 10.5. The van der Waals surface area contributed by atoms with E-state index in [2.05, 4.69) is 0 Å². The van der Waals surface area contributed by atoms with Crippen LogP contribution in [0.3, 0.4) is 0 Å². The molecule has 0 aromatic heterocycles. The Labute approximate surface area is 163 Å². The van der Waals surface area contributed by atoms with Crippen LogP contribution in [0.1, 0.15) is 52.7 Å². The van der Waals surface area contributed by atoms with Crippen molar-refractivity contribution in [3.05, 3.63) is 68.8 Å². The first-order valence-electron chi connectivity index (χ1n) is 9.75. The Hall–Kier alpha value is -3.02. The van der Waals surface area contributed by atoms with Gasteiger partial charge in [-0.15, -0.1) is 0 Å². The van der Waals surface area contributed by atoms with Crippen molar-refractivity contribution in [2.24, 2.45) is 0 Å². The van der Waals surface area contributed by atoms with Crippen LogP contribution in [-0.4, -0.2) is 23.2 Å². The van der Waals surface area contributed by atoms with E-state index in [-0.39, 0.29) is 30.2 Å². The van der Waals surface area contributed by atoms with Crippen LogP contribution < -0.4 is 4.90 Å². The molecule has 28 heavy (non-hydrogen) atoms. The monoisotopic (exact) mass is 378 g/mol. The largest absolute Gasteiger partial charge is 0.312 e. The van der Waals surface area contributed by atoms with Crippen molar-refractivity contribution < 1.29 is 14.5 Å². The minimum absolute atomic E-state index is 0.0245. The van der Waals surface area contributed by atoms with E-state index in [0.29, 0.717) is 24.2 Å². The van der Waals surface area contributed by atoms with Crippen LogP contribution in [-0.2, 0) is 24.1 Å². The Bertz CT molecular complexity index is 967. The van der Waals surface area contributed by atoms with Crippen LogP contribution in [0.2, 0.25) is 0 Å². The van der Waals surface area contributed by atoms with Gasteiger partial charge in [0.1, 0.15) is 0 Å². The molecule has 144 valence electrons. The number of fused-ring (bicyclic) bond motifs is 2. The number of benzene rings is 2. The van der Waals surface area contributed by atoms with Gasteiger partial charge in [0.15, 0.2) is 5.78 Å². The van der Waals surface area contributed by atoms with Crippen molar-refractivity contribution in [3.8, 4) is 0 Å². The van der Waals surface area contributed by atoms with Gasteiger partial charge in [0.2, 0.25) is 5.91 Å². The molecule has 0 saturated carbocycles. The van der Waals surface area contributed by atoms with Crippen molar-refractivity contribution in [2.45, 2.75) is 44.9 Å². The maximum absolute atomic E-state index is 12.7. The summed E-state index contributed by atoms with van der Waals surface area (Å²) in [6.45, 7) is 0.502. The molecule has 0 fully saturated rings. The summed E-state index contributed by atoms with van der Waals surface area (Å²) >= 11 is 0. The van der Waals surface area contributed by atoms with E-state index in [9.17, 15) is 19.7 Å². The number of hydrogen-bond acceptors (Lipinski definition) is 4. The highest BCUT2D eigenvalue weighted by Gasteiger charge is 2.27. The summed E-state index contributed by atoms with van der Waals surface area (Å²) in [5.41, 5.74) is 4.76. The molecule has 0 saturated heterocycles. The SMILES string of the molecule is O=C(CCC(=O)N1CCc2ccc([N+](=O)[O-])cc21)c1ccc2c(c1)CCCC2. The first-order chi connectivity index (χ1) is 13.5. The van der Waals surface area contributed by atoms with Crippen molar-refractivity contribution >= 4 is 23.1 Å². The maximum atomic E-state index is 12.7. The number of rotatable bonds is 5. The van der Waals surface area contributed by atoms with E-state index in [4.69, 9.17) is 0 Å². The van der Waals surface area contributed by atoms with E-state index in [1.54, 1.807) is 11.0 Å². The molecule has 2 aromatic rings. The Morgan fingerprint density at radius 3 is 2.46 bits per heavy atom. The lowest BCUT2D eigenvalue weighted by Crippen LogP contribution is -2.29. The number of hydrogen-bond donors (Lipinski definition) is 0. The van der Waals surface area contributed by atoms with Crippen LogP contribution in [0.5, 0.6) is 0 Å². The smallest absolute Gasteiger partial charge is 0.271 e. The molecule has 6 nitrogen and oxygen atoms in total. The number of nitro groups is 1. The molecule has 1 amide bonds. The standard InChI is InChI=1S/C22H22N2O4/c25-21(18-6-5-15-3-1-2-4-17(15)13-18)9-10-22(26)23-12-11-16-7-8-19(24(27)28)14-20(16)23/h5-8,13-14H,1-4,9-12H2. The zero-order valence-corrected chi connectivity index (χ0v) is 15.6. The maximum Gasteiger partial charge on any atom is 0.271 e. The molecule has 2 aliphatic rings. The molecule has 6 heteroatoms. The molecule has 4 rings (SSSR count). The predicted molar refractivity (Wildman–Crippen MR) is 106 cm³/mol. The van der Waals surface area contributed by atoms with Gasteiger partial charge in [-0.3, -0.25) is 19.7 Å². The Balaban J connectivity index is 1.42. The molecule has 0 bridgehead atoms. The Morgan fingerprint density at radius 1 is 0.929 bits per heavy atom. The Morgan fingerprint density at radius 2 is 1.68 bits per heavy atom. The number of non-ortho nitro benzene ring substituents is 1. The Kier molecular flexibility index (Phi) is 4.94. The summed E-state index contributed by atoms with van der Waals surface area (Å²) in [5.74, 6) is -0.189. The number of nitrogens with zero attached hydrogens (tertiary/aromatic N) is 2. The van der Waals surface area contributed by atoms with Gasteiger partial charge in [-0.25, -0.2) is 0 Å². The van der Waals surface area contributed by atoms with E-state index >= 15 is 0 Å². The lowest BCUT2D eigenvalue weighted by atomic mass is 9.89. The fraction of sp³-hybridized carbons (Fsp3) is 0.364. The fourth-order valence-corrected chi connectivity index (χ4v) is 4.15. The number of nitro benzene ring substituents is 1. The van der Waals surface area contributed by atoms with Crippen LogP contribution in [0.15, 0.2) is 36.4 Å². The third-order valence-electron chi connectivity index (χ3n) is 5.71. The predicted octanol–water partition coefficient (Wildman–Crippen LogP) is 4.03. The van der Waals surface area contributed by atoms with E-state index in [1.807, 2.05) is 18.2 Å². The summed E-state index contributed by atoms with van der Waals surface area (Å²) in [7, 11) is 0. The molecule has 1 heterocycles. The van der Waals surface area contributed by atoms with Gasteiger partial charge in [-0.2, -0.15) is 0 Å². The van der Waals surface area contributed by atoms with Crippen LogP contribution in [0.4, 0.5) is 11.4 Å².